The van der Waals surface area contributed by atoms with Gasteiger partial charge in [0.15, 0.2) is 0 Å². The van der Waals surface area contributed by atoms with Gasteiger partial charge in [-0.3, -0.25) is 9.69 Å². The van der Waals surface area contributed by atoms with Gasteiger partial charge in [-0.1, -0.05) is 46.0 Å². The van der Waals surface area contributed by atoms with Crippen LogP contribution < -0.4 is 0 Å². The fourth-order valence-electron chi connectivity index (χ4n) is 4.46. The van der Waals surface area contributed by atoms with Crippen molar-refractivity contribution in [1.29, 1.82) is 0 Å². The van der Waals surface area contributed by atoms with Crippen LogP contribution in [-0.4, -0.2) is 66.2 Å². The van der Waals surface area contributed by atoms with Crippen LogP contribution in [0.5, 0.6) is 0 Å². The summed E-state index contributed by atoms with van der Waals surface area (Å²) in [5.74, 6) is -0.424. The van der Waals surface area contributed by atoms with Crippen LogP contribution in [0.3, 0.4) is 0 Å². The van der Waals surface area contributed by atoms with Crippen molar-refractivity contribution in [1.82, 2.24) is 9.80 Å². The van der Waals surface area contributed by atoms with Gasteiger partial charge in [0.1, 0.15) is 12.1 Å². The Morgan fingerprint density at radius 3 is 2.06 bits per heavy atom. The van der Waals surface area contributed by atoms with E-state index in [1.54, 1.807) is 9.80 Å². The van der Waals surface area contributed by atoms with Gasteiger partial charge in [-0.2, -0.15) is 0 Å². The van der Waals surface area contributed by atoms with E-state index in [1.165, 1.54) is 25.7 Å². The Bertz CT molecular complexity index is 568. The highest BCUT2D eigenvalue weighted by molar-refractivity contribution is 5.90. The molecule has 178 valence electrons. The van der Waals surface area contributed by atoms with E-state index in [0.717, 1.165) is 44.9 Å². The average Bonchev–Trinajstić information content (AvgIpc) is 2.81. The lowest BCUT2D eigenvalue weighted by Gasteiger charge is -2.40. The normalized spacial score (nSPS) is 21.6. The van der Waals surface area contributed by atoms with Gasteiger partial charge in [-0.05, 0) is 51.4 Å². The highest BCUT2D eigenvalue weighted by atomic mass is 16.6. The molecule has 2 aliphatic rings. The van der Waals surface area contributed by atoms with Crippen LogP contribution in [0.2, 0.25) is 0 Å². The molecule has 0 aromatic rings. The molecule has 2 unspecified atom stereocenters. The number of carbonyl (C=O) groups is 3. The lowest BCUT2D eigenvalue weighted by molar-refractivity contribution is -0.159. The lowest BCUT2D eigenvalue weighted by Crippen LogP contribution is -2.58. The number of likely N-dealkylation sites (tertiary alicyclic amines) is 2. The minimum absolute atomic E-state index is 0.130. The second-order valence-corrected chi connectivity index (χ2v) is 8.80. The summed E-state index contributed by atoms with van der Waals surface area (Å²) in [6.45, 7) is 5.99. The second kappa shape index (κ2) is 14.3. The van der Waals surface area contributed by atoms with Crippen LogP contribution >= 0.6 is 0 Å². The van der Waals surface area contributed by atoms with Gasteiger partial charge in [0.25, 0.3) is 0 Å². The van der Waals surface area contributed by atoms with Gasteiger partial charge in [-0.25, -0.2) is 9.59 Å². The second-order valence-electron chi connectivity index (χ2n) is 8.80. The molecule has 0 aromatic carbocycles. The van der Waals surface area contributed by atoms with Gasteiger partial charge in [0.05, 0.1) is 13.2 Å². The molecule has 2 saturated heterocycles. The molecule has 7 heteroatoms. The maximum atomic E-state index is 13.4. The van der Waals surface area contributed by atoms with E-state index in [1.807, 2.05) is 6.92 Å². The average molecular weight is 439 g/mol. The summed E-state index contributed by atoms with van der Waals surface area (Å²) in [6.07, 6.45) is 11.9. The molecular weight excluding hydrogens is 396 g/mol. The third-order valence-corrected chi connectivity index (χ3v) is 6.25. The number of carbonyl (C=O) groups excluding carboxylic acids is 3. The molecule has 0 aromatic heterocycles. The molecule has 2 fully saturated rings. The predicted octanol–water partition coefficient (Wildman–Crippen LogP) is 4.67. The van der Waals surface area contributed by atoms with Crippen molar-refractivity contribution >= 4 is 18.0 Å². The van der Waals surface area contributed by atoms with Gasteiger partial charge < -0.3 is 14.4 Å². The first kappa shape index (κ1) is 25.5. The number of rotatable bonds is 11. The molecular formula is C24H42N2O5. The third kappa shape index (κ3) is 8.00. The Hall–Kier alpha value is -1.79. The Balaban J connectivity index is 1.91. The van der Waals surface area contributed by atoms with Crippen LogP contribution in [0.1, 0.15) is 97.3 Å². The lowest BCUT2D eigenvalue weighted by atomic mass is 9.97. The Morgan fingerprint density at radius 2 is 1.35 bits per heavy atom. The monoisotopic (exact) mass is 438 g/mol. The maximum absolute atomic E-state index is 13.4. The molecule has 2 atom stereocenters. The number of ether oxygens (including phenoxy) is 2. The molecule has 0 N–H and O–H groups in total. The Morgan fingerprint density at radius 1 is 0.710 bits per heavy atom. The highest BCUT2D eigenvalue weighted by Gasteiger charge is 2.40. The van der Waals surface area contributed by atoms with E-state index in [2.05, 4.69) is 6.92 Å². The van der Waals surface area contributed by atoms with Crippen molar-refractivity contribution < 1.29 is 23.9 Å². The van der Waals surface area contributed by atoms with Crippen molar-refractivity contribution in [3.8, 4) is 0 Å². The number of nitrogens with zero attached hydrogens (tertiary/aromatic N) is 2. The summed E-state index contributed by atoms with van der Waals surface area (Å²) in [5, 5.41) is 0. The van der Waals surface area contributed by atoms with E-state index >= 15 is 0 Å². The minimum atomic E-state index is -0.537. The van der Waals surface area contributed by atoms with Crippen molar-refractivity contribution in [3.63, 3.8) is 0 Å². The van der Waals surface area contributed by atoms with Crippen molar-refractivity contribution in [2.75, 3.05) is 26.3 Å². The molecule has 2 heterocycles. The van der Waals surface area contributed by atoms with Gasteiger partial charge in [-0.15, -0.1) is 0 Å². The third-order valence-electron chi connectivity index (χ3n) is 6.25. The van der Waals surface area contributed by atoms with Gasteiger partial charge >= 0.3 is 12.1 Å². The first-order valence-corrected chi connectivity index (χ1v) is 12.5. The number of piperidine rings is 2. The molecule has 7 nitrogen and oxygen atoms in total. The van der Waals surface area contributed by atoms with E-state index in [9.17, 15) is 14.4 Å². The zero-order chi connectivity index (χ0) is 22.5. The van der Waals surface area contributed by atoms with E-state index < -0.39 is 18.2 Å². The quantitative estimate of drug-likeness (QED) is 0.346. The largest absolute Gasteiger partial charge is 0.464 e. The molecule has 31 heavy (non-hydrogen) atoms. The Labute approximate surface area is 187 Å². The first-order chi connectivity index (χ1) is 15.1. The SMILES string of the molecule is CCCCCCCCOC(=O)C1CCCCN1C(=O)C1CCCCN1C(=O)OCCC. The first-order valence-electron chi connectivity index (χ1n) is 12.5. The van der Waals surface area contributed by atoms with Crippen LogP contribution in [0.15, 0.2) is 0 Å². The molecule has 2 amide bonds. The summed E-state index contributed by atoms with van der Waals surface area (Å²) >= 11 is 0. The van der Waals surface area contributed by atoms with E-state index in [0.29, 0.717) is 39.1 Å². The molecule has 0 aliphatic carbocycles. The summed E-state index contributed by atoms with van der Waals surface area (Å²) in [6, 6.07) is -1.07. The van der Waals surface area contributed by atoms with Gasteiger partial charge in [0, 0.05) is 13.1 Å². The van der Waals surface area contributed by atoms with Crippen LogP contribution in [0.4, 0.5) is 4.79 Å². The summed E-state index contributed by atoms with van der Waals surface area (Å²) in [5.41, 5.74) is 0. The number of hydrogen-bond donors (Lipinski definition) is 0. The summed E-state index contributed by atoms with van der Waals surface area (Å²) < 4.78 is 10.8. The molecule has 2 aliphatic heterocycles. The fourth-order valence-corrected chi connectivity index (χ4v) is 4.46. The number of hydrogen-bond acceptors (Lipinski definition) is 5. The van der Waals surface area contributed by atoms with Crippen molar-refractivity contribution in [2.45, 2.75) is 109 Å². The Kier molecular flexibility index (Phi) is 11.8. The fraction of sp³-hybridized carbons (Fsp3) is 0.875. The molecule has 0 saturated carbocycles. The number of amides is 2. The molecule has 0 spiro atoms. The summed E-state index contributed by atoms with van der Waals surface area (Å²) in [7, 11) is 0. The van der Waals surface area contributed by atoms with E-state index in [-0.39, 0.29) is 11.9 Å². The maximum Gasteiger partial charge on any atom is 0.410 e. The zero-order valence-corrected chi connectivity index (χ0v) is 19.6. The number of unbranched alkanes of at least 4 members (excludes halogenated alkanes) is 5. The molecule has 0 bridgehead atoms. The molecule has 0 radical (unpaired) electrons. The smallest absolute Gasteiger partial charge is 0.410 e. The van der Waals surface area contributed by atoms with Crippen LogP contribution in [0.25, 0.3) is 0 Å². The van der Waals surface area contributed by atoms with Crippen molar-refractivity contribution in [3.05, 3.63) is 0 Å². The summed E-state index contributed by atoms with van der Waals surface area (Å²) in [4.78, 5) is 41.9. The molecule has 2 rings (SSSR count). The number of esters is 1. The highest BCUT2D eigenvalue weighted by Crippen LogP contribution is 2.25. The zero-order valence-electron chi connectivity index (χ0n) is 19.6. The predicted molar refractivity (Wildman–Crippen MR) is 120 cm³/mol. The van der Waals surface area contributed by atoms with Crippen LogP contribution in [-0.2, 0) is 19.1 Å². The van der Waals surface area contributed by atoms with Crippen molar-refractivity contribution in [2.24, 2.45) is 0 Å². The minimum Gasteiger partial charge on any atom is -0.464 e. The topological polar surface area (TPSA) is 76.2 Å². The van der Waals surface area contributed by atoms with Gasteiger partial charge in [0.2, 0.25) is 5.91 Å². The standard InChI is InChI=1S/C24H42N2O5/c1-3-5-6-7-8-13-19-30-23(28)21-15-10-11-16-25(21)22(27)20-14-9-12-17-26(20)24(29)31-18-4-2/h20-21H,3-19H2,1-2H3. The van der Waals surface area contributed by atoms with E-state index in [4.69, 9.17) is 9.47 Å². The van der Waals surface area contributed by atoms with Crippen LogP contribution in [0, 0.1) is 0 Å².